The van der Waals surface area contributed by atoms with Gasteiger partial charge >= 0.3 is 16.2 Å². The second-order valence-corrected chi connectivity index (χ2v) is 9.30. The standard InChI is InChI=1S/C21H25N3O4S/c1-22-19-8-3-4-9-20(19)24(29(22,26)27)18-10-12-23(13-11-18)15-16-6-5-7-17(14-16)21(25)28-2/h3-9,14,18H,10-13,15H2,1-2H3. The maximum absolute atomic E-state index is 12.9. The molecular formula is C21H25N3O4S. The van der Waals surface area contributed by atoms with Crippen LogP contribution < -0.4 is 8.61 Å². The van der Waals surface area contributed by atoms with Crippen molar-refractivity contribution in [2.24, 2.45) is 0 Å². The van der Waals surface area contributed by atoms with Gasteiger partial charge < -0.3 is 4.74 Å². The van der Waals surface area contributed by atoms with E-state index in [9.17, 15) is 13.2 Å². The summed E-state index contributed by atoms with van der Waals surface area (Å²) in [5, 5.41) is 0. The zero-order valence-electron chi connectivity index (χ0n) is 16.6. The highest BCUT2D eigenvalue weighted by molar-refractivity contribution is 7.94. The van der Waals surface area contributed by atoms with E-state index >= 15 is 0 Å². The summed E-state index contributed by atoms with van der Waals surface area (Å²) in [6.45, 7) is 2.32. The van der Waals surface area contributed by atoms with Crippen LogP contribution in [0, 0.1) is 0 Å². The van der Waals surface area contributed by atoms with Crippen LogP contribution in [0.3, 0.4) is 0 Å². The number of methoxy groups -OCH3 is 1. The number of carbonyl (C=O) groups is 1. The van der Waals surface area contributed by atoms with Gasteiger partial charge in [-0.1, -0.05) is 24.3 Å². The highest BCUT2D eigenvalue weighted by Crippen LogP contribution is 2.42. The number of nitrogens with zero attached hydrogens (tertiary/aromatic N) is 3. The predicted octanol–water partition coefficient (Wildman–Crippen LogP) is 2.64. The molecule has 1 fully saturated rings. The molecule has 0 atom stereocenters. The molecule has 154 valence electrons. The van der Waals surface area contributed by atoms with E-state index in [0.717, 1.165) is 49.4 Å². The summed E-state index contributed by atoms with van der Waals surface area (Å²) in [7, 11) is -0.537. The molecule has 7 nitrogen and oxygen atoms in total. The van der Waals surface area contributed by atoms with E-state index in [4.69, 9.17) is 4.74 Å². The van der Waals surface area contributed by atoms with E-state index in [0.29, 0.717) is 5.56 Å². The van der Waals surface area contributed by atoms with E-state index < -0.39 is 10.2 Å². The highest BCUT2D eigenvalue weighted by atomic mass is 32.2. The molecule has 0 radical (unpaired) electrons. The first-order valence-electron chi connectivity index (χ1n) is 9.69. The third-order valence-electron chi connectivity index (χ3n) is 5.70. The van der Waals surface area contributed by atoms with Gasteiger partial charge in [0.15, 0.2) is 0 Å². The van der Waals surface area contributed by atoms with Gasteiger partial charge in [-0.2, -0.15) is 8.42 Å². The summed E-state index contributed by atoms with van der Waals surface area (Å²) >= 11 is 0. The van der Waals surface area contributed by atoms with E-state index in [-0.39, 0.29) is 12.0 Å². The third-order valence-corrected chi connectivity index (χ3v) is 7.58. The topological polar surface area (TPSA) is 70.2 Å². The van der Waals surface area contributed by atoms with Crippen molar-refractivity contribution in [3.63, 3.8) is 0 Å². The molecular weight excluding hydrogens is 390 g/mol. The fourth-order valence-corrected chi connectivity index (χ4v) is 5.82. The number of anilines is 2. The van der Waals surface area contributed by atoms with Crippen LogP contribution in [0.25, 0.3) is 0 Å². The Morgan fingerprint density at radius 1 is 1.07 bits per heavy atom. The number of likely N-dealkylation sites (tertiary alicyclic amines) is 1. The number of para-hydroxylation sites is 2. The van der Waals surface area contributed by atoms with Crippen molar-refractivity contribution < 1.29 is 17.9 Å². The maximum atomic E-state index is 12.9. The molecule has 2 aromatic rings. The van der Waals surface area contributed by atoms with E-state index in [1.807, 2.05) is 42.5 Å². The van der Waals surface area contributed by atoms with Gasteiger partial charge in [0.05, 0.1) is 24.0 Å². The Morgan fingerprint density at radius 2 is 1.76 bits per heavy atom. The van der Waals surface area contributed by atoms with Crippen LogP contribution in [0.5, 0.6) is 0 Å². The SMILES string of the molecule is COC(=O)c1cccc(CN2CCC(N3c4ccccc4N(C)S3(=O)=O)CC2)c1. The summed E-state index contributed by atoms with van der Waals surface area (Å²) in [5.74, 6) is -0.340. The van der Waals surface area contributed by atoms with E-state index in [1.54, 1.807) is 17.4 Å². The number of hydrogen-bond acceptors (Lipinski definition) is 5. The minimum Gasteiger partial charge on any atom is -0.465 e. The van der Waals surface area contributed by atoms with Gasteiger partial charge in [0, 0.05) is 32.7 Å². The van der Waals surface area contributed by atoms with E-state index in [2.05, 4.69) is 4.90 Å². The normalized spacial score (nSPS) is 19.2. The van der Waals surface area contributed by atoms with Crippen LogP contribution in [0.4, 0.5) is 11.4 Å². The number of hydrogen-bond donors (Lipinski definition) is 0. The van der Waals surface area contributed by atoms with Gasteiger partial charge in [0.2, 0.25) is 0 Å². The Morgan fingerprint density at radius 3 is 2.45 bits per heavy atom. The number of benzene rings is 2. The number of rotatable bonds is 4. The largest absolute Gasteiger partial charge is 0.465 e. The van der Waals surface area contributed by atoms with Gasteiger partial charge in [-0.05, 0) is 42.7 Å². The van der Waals surface area contributed by atoms with Crippen LogP contribution in [0.15, 0.2) is 48.5 Å². The van der Waals surface area contributed by atoms with Crippen molar-refractivity contribution in [3.8, 4) is 0 Å². The molecule has 2 aromatic carbocycles. The summed E-state index contributed by atoms with van der Waals surface area (Å²) in [6, 6.07) is 14.9. The van der Waals surface area contributed by atoms with Crippen LogP contribution in [0.1, 0.15) is 28.8 Å². The number of esters is 1. The highest BCUT2D eigenvalue weighted by Gasteiger charge is 2.42. The Kier molecular flexibility index (Phi) is 5.23. The minimum absolute atomic E-state index is 0.0521. The molecule has 0 amide bonds. The minimum atomic E-state index is -3.52. The molecule has 0 aliphatic carbocycles. The summed E-state index contributed by atoms with van der Waals surface area (Å²) < 4.78 is 33.6. The second-order valence-electron chi connectivity index (χ2n) is 7.46. The average Bonchev–Trinajstić information content (AvgIpc) is 2.94. The zero-order valence-corrected chi connectivity index (χ0v) is 17.4. The van der Waals surface area contributed by atoms with Crippen molar-refractivity contribution >= 4 is 27.6 Å². The quantitative estimate of drug-likeness (QED) is 0.718. The number of fused-ring (bicyclic) bond motifs is 1. The first-order chi connectivity index (χ1) is 13.9. The van der Waals surface area contributed by atoms with Gasteiger partial charge in [-0.15, -0.1) is 0 Å². The molecule has 0 spiro atoms. The predicted molar refractivity (Wildman–Crippen MR) is 112 cm³/mol. The van der Waals surface area contributed by atoms with Crippen molar-refractivity contribution in [1.29, 1.82) is 0 Å². The molecule has 8 heteroatoms. The number of piperidine rings is 1. The number of carbonyl (C=O) groups excluding carboxylic acids is 1. The van der Waals surface area contributed by atoms with Gasteiger partial charge in [-0.3, -0.25) is 9.21 Å². The lowest BCUT2D eigenvalue weighted by molar-refractivity contribution is 0.0600. The van der Waals surface area contributed by atoms with Crippen molar-refractivity contribution in [1.82, 2.24) is 4.90 Å². The molecule has 4 rings (SSSR count). The summed E-state index contributed by atoms with van der Waals surface area (Å²) in [4.78, 5) is 14.0. The van der Waals surface area contributed by atoms with E-state index in [1.165, 1.54) is 11.4 Å². The lowest BCUT2D eigenvalue weighted by atomic mass is 10.0. The molecule has 0 bridgehead atoms. The molecule has 29 heavy (non-hydrogen) atoms. The van der Waals surface area contributed by atoms with Gasteiger partial charge in [-0.25, -0.2) is 9.10 Å². The van der Waals surface area contributed by atoms with Gasteiger partial charge in [0.1, 0.15) is 0 Å². The average molecular weight is 416 g/mol. The zero-order chi connectivity index (χ0) is 20.6. The molecule has 2 aliphatic heterocycles. The van der Waals surface area contributed by atoms with Crippen molar-refractivity contribution in [2.75, 3.05) is 35.9 Å². The number of ether oxygens (including phenoxy) is 1. The fraction of sp³-hybridized carbons (Fsp3) is 0.381. The maximum Gasteiger partial charge on any atom is 0.337 e. The molecule has 0 N–H and O–H groups in total. The smallest absolute Gasteiger partial charge is 0.337 e. The Balaban J connectivity index is 1.45. The van der Waals surface area contributed by atoms with Crippen LogP contribution >= 0.6 is 0 Å². The fourth-order valence-electron chi connectivity index (χ4n) is 4.17. The monoisotopic (exact) mass is 415 g/mol. The van der Waals surface area contributed by atoms with Crippen LogP contribution in [-0.4, -0.2) is 52.6 Å². The van der Waals surface area contributed by atoms with Crippen molar-refractivity contribution in [3.05, 3.63) is 59.7 Å². The van der Waals surface area contributed by atoms with Crippen LogP contribution in [0.2, 0.25) is 0 Å². The molecule has 0 unspecified atom stereocenters. The first kappa shape index (κ1) is 19.7. The Bertz CT molecular complexity index is 1020. The summed E-state index contributed by atoms with van der Waals surface area (Å²) in [5.41, 5.74) is 3.08. The Labute approximate surface area is 171 Å². The first-order valence-corrected chi connectivity index (χ1v) is 11.1. The lowest BCUT2D eigenvalue weighted by Gasteiger charge is -2.36. The van der Waals surface area contributed by atoms with Crippen molar-refractivity contribution in [2.45, 2.75) is 25.4 Å². The second kappa shape index (κ2) is 7.68. The third kappa shape index (κ3) is 3.58. The lowest BCUT2D eigenvalue weighted by Crippen LogP contribution is -2.48. The Hall–Kier alpha value is -2.58. The van der Waals surface area contributed by atoms with Crippen LogP contribution in [-0.2, 0) is 21.5 Å². The summed E-state index contributed by atoms with van der Waals surface area (Å²) in [6.07, 6.45) is 1.52. The molecule has 2 heterocycles. The van der Waals surface area contributed by atoms with Gasteiger partial charge in [0.25, 0.3) is 0 Å². The molecule has 0 saturated carbocycles. The molecule has 1 saturated heterocycles. The molecule has 0 aromatic heterocycles. The molecule has 2 aliphatic rings.